The number of rotatable bonds is 2. The summed E-state index contributed by atoms with van der Waals surface area (Å²) in [6.07, 6.45) is 0. The topological polar surface area (TPSA) is 9.23 Å². The summed E-state index contributed by atoms with van der Waals surface area (Å²) in [4.78, 5) is 0.936. The Morgan fingerprint density at radius 1 is 0.714 bits per heavy atom. The Balaban J connectivity index is 2.16. The number of ether oxygens (including phenoxy) is 1. The van der Waals surface area contributed by atoms with Crippen LogP contribution in [0.2, 0.25) is 0 Å². The van der Waals surface area contributed by atoms with Gasteiger partial charge in [-0.1, -0.05) is 18.2 Å². The van der Waals surface area contributed by atoms with Gasteiger partial charge in [0.1, 0.15) is 11.5 Å². The fraction of sp³-hybridized carbons (Fsp3) is 0. The molecule has 0 spiro atoms. The summed E-state index contributed by atoms with van der Waals surface area (Å²) < 4.78 is 5.60. The molecule has 2 aromatic rings. The molecule has 0 aromatic heterocycles. The van der Waals surface area contributed by atoms with Crippen molar-refractivity contribution in [2.24, 2.45) is 0 Å². The van der Waals surface area contributed by atoms with Gasteiger partial charge in [-0.15, -0.1) is 12.6 Å². The minimum absolute atomic E-state index is 0.828. The lowest BCUT2D eigenvalue weighted by atomic mass is 10.3. The number of benzene rings is 2. The monoisotopic (exact) mass is 202 g/mol. The Labute approximate surface area is 88.8 Å². The van der Waals surface area contributed by atoms with Crippen molar-refractivity contribution in [2.45, 2.75) is 4.90 Å². The van der Waals surface area contributed by atoms with Crippen molar-refractivity contribution < 1.29 is 4.74 Å². The van der Waals surface area contributed by atoms with Crippen LogP contribution in [0.15, 0.2) is 59.5 Å². The van der Waals surface area contributed by atoms with Crippen LogP contribution in [0.5, 0.6) is 11.5 Å². The molecule has 2 rings (SSSR count). The summed E-state index contributed by atoms with van der Waals surface area (Å²) >= 11 is 4.20. The molecule has 0 bridgehead atoms. The van der Waals surface area contributed by atoms with Crippen LogP contribution in [0.3, 0.4) is 0 Å². The lowest BCUT2D eigenvalue weighted by molar-refractivity contribution is 0.482. The minimum atomic E-state index is 0.828. The first-order chi connectivity index (χ1) is 6.84. The Bertz CT molecular complexity index is 394. The van der Waals surface area contributed by atoms with E-state index in [9.17, 15) is 0 Å². The van der Waals surface area contributed by atoms with Gasteiger partial charge in [0.2, 0.25) is 0 Å². The maximum Gasteiger partial charge on any atom is 0.127 e. The first-order valence-electron chi connectivity index (χ1n) is 4.36. The Kier molecular flexibility index (Phi) is 2.75. The molecule has 0 N–H and O–H groups in total. The Morgan fingerprint density at radius 2 is 1.29 bits per heavy atom. The van der Waals surface area contributed by atoms with E-state index >= 15 is 0 Å². The van der Waals surface area contributed by atoms with Gasteiger partial charge in [-0.25, -0.2) is 0 Å². The molecule has 0 aliphatic carbocycles. The third-order valence-electron chi connectivity index (χ3n) is 1.82. The maximum absolute atomic E-state index is 5.60. The fourth-order valence-corrected chi connectivity index (χ4v) is 1.29. The standard InChI is InChI=1S/C12H10OS/c14-12-8-6-11(7-9-12)13-10-4-2-1-3-5-10/h1-9,14H. The summed E-state index contributed by atoms with van der Waals surface area (Å²) in [6, 6.07) is 17.3. The fourth-order valence-electron chi connectivity index (χ4n) is 1.14. The van der Waals surface area contributed by atoms with Gasteiger partial charge in [0, 0.05) is 4.90 Å². The molecule has 0 atom stereocenters. The van der Waals surface area contributed by atoms with Gasteiger partial charge in [0.05, 0.1) is 0 Å². The van der Waals surface area contributed by atoms with Gasteiger partial charge >= 0.3 is 0 Å². The molecular weight excluding hydrogens is 192 g/mol. The van der Waals surface area contributed by atoms with Crippen molar-refractivity contribution in [3.8, 4) is 11.5 Å². The third kappa shape index (κ3) is 2.30. The largest absolute Gasteiger partial charge is 0.457 e. The van der Waals surface area contributed by atoms with E-state index < -0.39 is 0 Å². The summed E-state index contributed by atoms with van der Waals surface area (Å²) in [6.45, 7) is 0. The molecular formula is C12H10OS. The molecule has 2 heteroatoms. The molecule has 70 valence electrons. The molecule has 0 aliphatic rings. The van der Waals surface area contributed by atoms with Crippen LogP contribution < -0.4 is 4.74 Å². The molecule has 0 saturated carbocycles. The van der Waals surface area contributed by atoms with Crippen LogP contribution in [-0.4, -0.2) is 0 Å². The number of hydrogen-bond acceptors (Lipinski definition) is 2. The molecule has 0 heterocycles. The smallest absolute Gasteiger partial charge is 0.127 e. The van der Waals surface area contributed by atoms with Gasteiger partial charge in [0.25, 0.3) is 0 Å². The third-order valence-corrected chi connectivity index (χ3v) is 2.11. The van der Waals surface area contributed by atoms with Crippen molar-refractivity contribution >= 4 is 12.6 Å². The normalized spacial score (nSPS) is 9.79. The molecule has 0 unspecified atom stereocenters. The second-order valence-electron chi connectivity index (χ2n) is 2.91. The Morgan fingerprint density at radius 3 is 1.93 bits per heavy atom. The van der Waals surface area contributed by atoms with Crippen molar-refractivity contribution in [1.82, 2.24) is 0 Å². The highest BCUT2D eigenvalue weighted by molar-refractivity contribution is 7.80. The van der Waals surface area contributed by atoms with Gasteiger partial charge in [0.15, 0.2) is 0 Å². The first-order valence-corrected chi connectivity index (χ1v) is 4.81. The zero-order chi connectivity index (χ0) is 9.80. The molecule has 0 fully saturated rings. The van der Waals surface area contributed by atoms with Crippen LogP contribution in [0.1, 0.15) is 0 Å². The van der Waals surface area contributed by atoms with E-state index in [2.05, 4.69) is 12.6 Å². The number of para-hydroxylation sites is 1. The summed E-state index contributed by atoms with van der Waals surface area (Å²) in [5.74, 6) is 1.67. The van der Waals surface area contributed by atoms with E-state index in [0.29, 0.717) is 0 Å². The minimum Gasteiger partial charge on any atom is -0.457 e. The molecule has 0 saturated heterocycles. The van der Waals surface area contributed by atoms with Crippen LogP contribution in [0, 0.1) is 0 Å². The quantitative estimate of drug-likeness (QED) is 0.729. The molecule has 0 aliphatic heterocycles. The van der Waals surface area contributed by atoms with Crippen LogP contribution in [0.4, 0.5) is 0 Å². The zero-order valence-corrected chi connectivity index (χ0v) is 8.45. The molecule has 2 aromatic carbocycles. The predicted molar refractivity (Wildman–Crippen MR) is 60.2 cm³/mol. The highest BCUT2D eigenvalue weighted by Crippen LogP contribution is 2.21. The molecule has 0 radical (unpaired) electrons. The summed E-state index contributed by atoms with van der Waals surface area (Å²) in [5.41, 5.74) is 0. The van der Waals surface area contributed by atoms with E-state index in [1.165, 1.54) is 0 Å². The molecule has 14 heavy (non-hydrogen) atoms. The van der Waals surface area contributed by atoms with Crippen LogP contribution in [-0.2, 0) is 0 Å². The summed E-state index contributed by atoms with van der Waals surface area (Å²) in [5, 5.41) is 0. The second-order valence-corrected chi connectivity index (χ2v) is 3.43. The van der Waals surface area contributed by atoms with Gasteiger partial charge < -0.3 is 4.74 Å². The second kappa shape index (κ2) is 4.20. The van der Waals surface area contributed by atoms with E-state index in [0.717, 1.165) is 16.4 Å². The van der Waals surface area contributed by atoms with Crippen molar-refractivity contribution in [2.75, 3.05) is 0 Å². The van der Waals surface area contributed by atoms with Gasteiger partial charge in [-0.2, -0.15) is 0 Å². The summed E-state index contributed by atoms with van der Waals surface area (Å²) in [7, 11) is 0. The van der Waals surface area contributed by atoms with Gasteiger partial charge in [-0.3, -0.25) is 0 Å². The van der Waals surface area contributed by atoms with Crippen LogP contribution >= 0.6 is 12.6 Å². The zero-order valence-electron chi connectivity index (χ0n) is 7.55. The van der Waals surface area contributed by atoms with Crippen LogP contribution in [0.25, 0.3) is 0 Å². The predicted octanol–water partition coefficient (Wildman–Crippen LogP) is 3.77. The number of thiol groups is 1. The van der Waals surface area contributed by atoms with Crippen molar-refractivity contribution in [3.05, 3.63) is 54.6 Å². The van der Waals surface area contributed by atoms with E-state index in [1.54, 1.807) is 0 Å². The van der Waals surface area contributed by atoms with E-state index in [-0.39, 0.29) is 0 Å². The van der Waals surface area contributed by atoms with Crippen molar-refractivity contribution in [3.63, 3.8) is 0 Å². The van der Waals surface area contributed by atoms with Crippen molar-refractivity contribution in [1.29, 1.82) is 0 Å². The first kappa shape index (κ1) is 9.16. The lowest BCUT2D eigenvalue weighted by Gasteiger charge is -2.04. The maximum atomic E-state index is 5.60. The average molecular weight is 202 g/mol. The average Bonchev–Trinajstić information content (AvgIpc) is 2.23. The lowest BCUT2D eigenvalue weighted by Crippen LogP contribution is -1.82. The SMILES string of the molecule is Sc1ccc(Oc2ccccc2)cc1. The highest BCUT2D eigenvalue weighted by atomic mass is 32.1. The number of hydrogen-bond donors (Lipinski definition) is 1. The Hall–Kier alpha value is -1.41. The highest BCUT2D eigenvalue weighted by Gasteiger charge is 1.94. The molecule has 0 amide bonds. The van der Waals surface area contributed by atoms with E-state index in [4.69, 9.17) is 4.74 Å². The van der Waals surface area contributed by atoms with Gasteiger partial charge in [-0.05, 0) is 36.4 Å². The van der Waals surface area contributed by atoms with E-state index in [1.807, 2.05) is 54.6 Å². The molecule has 1 nitrogen and oxygen atoms in total.